The predicted molar refractivity (Wildman–Crippen MR) is 63.4 cm³/mol. The van der Waals surface area contributed by atoms with Gasteiger partial charge in [0.15, 0.2) is 6.29 Å². The molecule has 1 saturated heterocycles. The van der Waals surface area contributed by atoms with Gasteiger partial charge in [0, 0.05) is 0 Å². The van der Waals surface area contributed by atoms with Gasteiger partial charge in [-0.05, 0) is 6.92 Å². The van der Waals surface area contributed by atoms with Crippen LogP contribution in [0.4, 0.5) is 0 Å². The van der Waals surface area contributed by atoms with Crippen LogP contribution in [0.15, 0.2) is 0 Å². The second-order valence-corrected chi connectivity index (χ2v) is 5.06. The Hall–Kier alpha value is -0.360. The molecular formula is C11H22O9. The molecule has 0 spiro atoms. The summed E-state index contributed by atoms with van der Waals surface area (Å²) in [4.78, 5) is 0. The molecule has 1 aliphatic heterocycles. The van der Waals surface area contributed by atoms with Crippen LogP contribution in [0.1, 0.15) is 6.92 Å². The van der Waals surface area contributed by atoms with E-state index in [-0.39, 0.29) is 0 Å². The summed E-state index contributed by atoms with van der Waals surface area (Å²) in [7, 11) is 0. The zero-order valence-electron chi connectivity index (χ0n) is 11.0. The maximum absolute atomic E-state index is 9.66. The highest BCUT2D eigenvalue weighted by Crippen LogP contribution is 2.22. The van der Waals surface area contributed by atoms with Gasteiger partial charge in [-0.1, -0.05) is 0 Å². The van der Waals surface area contributed by atoms with Crippen LogP contribution in [0, 0.1) is 0 Å². The van der Waals surface area contributed by atoms with Crippen molar-refractivity contribution in [3.63, 3.8) is 0 Å². The zero-order valence-corrected chi connectivity index (χ0v) is 11.0. The van der Waals surface area contributed by atoms with Crippen molar-refractivity contribution in [2.24, 2.45) is 0 Å². The third-order valence-electron chi connectivity index (χ3n) is 3.30. The van der Waals surface area contributed by atoms with Crippen LogP contribution < -0.4 is 0 Å². The molecule has 0 bridgehead atoms. The fourth-order valence-electron chi connectivity index (χ4n) is 1.68. The van der Waals surface area contributed by atoms with E-state index in [9.17, 15) is 25.5 Å². The van der Waals surface area contributed by atoms with Gasteiger partial charge in [-0.25, -0.2) is 0 Å². The Morgan fingerprint density at radius 1 is 1.15 bits per heavy atom. The Morgan fingerprint density at radius 2 is 1.75 bits per heavy atom. The number of ether oxygens (including phenoxy) is 2. The summed E-state index contributed by atoms with van der Waals surface area (Å²) >= 11 is 0. The molecule has 7 N–H and O–H groups in total. The van der Waals surface area contributed by atoms with Crippen molar-refractivity contribution in [3.8, 4) is 0 Å². The Labute approximate surface area is 115 Å². The summed E-state index contributed by atoms with van der Waals surface area (Å²) in [6.07, 6.45) is -8.63. The Bertz CT molecular complexity index is 296. The fraction of sp³-hybridized carbons (Fsp3) is 1.00. The first kappa shape index (κ1) is 17.7. The maximum Gasteiger partial charge on any atom is 0.186 e. The molecule has 1 aliphatic rings. The third kappa shape index (κ3) is 3.85. The van der Waals surface area contributed by atoms with Gasteiger partial charge in [0.05, 0.1) is 19.8 Å². The quantitative estimate of drug-likeness (QED) is 0.258. The number of rotatable bonds is 6. The number of aliphatic hydroxyl groups is 7. The van der Waals surface area contributed by atoms with Crippen molar-refractivity contribution >= 4 is 0 Å². The van der Waals surface area contributed by atoms with Gasteiger partial charge in [-0.15, -0.1) is 0 Å². The molecular weight excluding hydrogens is 276 g/mol. The molecule has 0 aromatic rings. The highest BCUT2D eigenvalue weighted by atomic mass is 16.7. The SMILES string of the molecule is C[C@](O)(CO)[C@H](O)CO[C@@H]1O[C@H](CO)[C@H](O)[C@H](O)[C@H]1O. The molecule has 1 heterocycles. The molecule has 20 heavy (non-hydrogen) atoms. The van der Waals surface area contributed by atoms with E-state index in [0.717, 1.165) is 0 Å². The van der Waals surface area contributed by atoms with Crippen molar-refractivity contribution in [2.75, 3.05) is 19.8 Å². The van der Waals surface area contributed by atoms with Crippen molar-refractivity contribution in [1.82, 2.24) is 0 Å². The van der Waals surface area contributed by atoms with E-state index in [1.54, 1.807) is 0 Å². The van der Waals surface area contributed by atoms with Crippen molar-refractivity contribution in [3.05, 3.63) is 0 Å². The molecule has 7 atom stereocenters. The smallest absolute Gasteiger partial charge is 0.186 e. The molecule has 0 amide bonds. The largest absolute Gasteiger partial charge is 0.394 e. The van der Waals surface area contributed by atoms with Gasteiger partial charge in [0.25, 0.3) is 0 Å². The van der Waals surface area contributed by atoms with E-state index in [1.165, 1.54) is 6.92 Å². The van der Waals surface area contributed by atoms with Gasteiger partial charge in [0.1, 0.15) is 36.1 Å². The van der Waals surface area contributed by atoms with E-state index in [1.807, 2.05) is 0 Å². The molecule has 0 aromatic heterocycles. The summed E-state index contributed by atoms with van der Waals surface area (Å²) in [6.45, 7) is -0.599. The minimum absolute atomic E-state index is 0.490. The molecule has 1 rings (SSSR count). The lowest BCUT2D eigenvalue weighted by molar-refractivity contribution is -0.307. The molecule has 9 heteroatoms. The molecule has 0 saturated carbocycles. The van der Waals surface area contributed by atoms with E-state index in [2.05, 4.69) is 0 Å². The lowest BCUT2D eigenvalue weighted by Crippen LogP contribution is -2.59. The average molecular weight is 298 g/mol. The van der Waals surface area contributed by atoms with Crippen LogP contribution in [-0.2, 0) is 9.47 Å². The lowest BCUT2D eigenvalue weighted by Gasteiger charge is -2.40. The van der Waals surface area contributed by atoms with Gasteiger partial charge < -0.3 is 45.2 Å². The standard InChI is InChI=1S/C11H22O9/c1-11(18,4-13)6(14)3-19-10-9(17)8(16)7(15)5(2-12)20-10/h5-10,12-18H,2-4H2,1H3/t5-,6-,7+,8+,9-,10-,11+/m1/s1. The van der Waals surface area contributed by atoms with E-state index in [0.29, 0.717) is 0 Å². The molecule has 120 valence electrons. The first-order valence-electron chi connectivity index (χ1n) is 6.18. The van der Waals surface area contributed by atoms with Gasteiger partial charge in [-0.2, -0.15) is 0 Å². The van der Waals surface area contributed by atoms with Crippen molar-refractivity contribution < 1.29 is 45.2 Å². The topological polar surface area (TPSA) is 160 Å². The Morgan fingerprint density at radius 3 is 2.25 bits per heavy atom. The first-order valence-corrected chi connectivity index (χ1v) is 6.18. The number of hydrogen-bond donors (Lipinski definition) is 7. The minimum Gasteiger partial charge on any atom is -0.394 e. The van der Waals surface area contributed by atoms with Crippen LogP contribution in [0.5, 0.6) is 0 Å². The predicted octanol–water partition coefficient (Wildman–Crippen LogP) is -4.09. The van der Waals surface area contributed by atoms with Crippen LogP contribution in [0.25, 0.3) is 0 Å². The third-order valence-corrected chi connectivity index (χ3v) is 3.30. The van der Waals surface area contributed by atoms with E-state index in [4.69, 9.17) is 19.7 Å². The van der Waals surface area contributed by atoms with E-state index < -0.39 is 62.2 Å². The van der Waals surface area contributed by atoms with Crippen molar-refractivity contribution in [2.45, 2.75) is 49.3 Å². The summed E-state index contributed by atoms with van der Waals surface area (Å²) in [5, 5.41) is 65.7. The summed E-state index contributed by atoms with van der Waals surface area (Å²) in [6, 6.07) is 0. The molecule has 0 aliphatic carbocycles. The second kappa shape index (κ2) is 7.07. The molecule has 1 fully saturated rings. The van der Waals surface area contributed by atoms with E-state index >= 15 is 0 Å². The summed E-state index contributed by atoms with van der Waals surface area (Å²) in [5.74, 6) is 0. The summed E-state index contributed by atoms with van der Waals surface area (Å²) < 4.78 is 10.1. The average Bonchev–Trinajstić information content (AvgIpc) is 2.43. The van der Waals surface area contributed by atoms with Crippen molar-refractivity contribution in [1.29, 1.82) is 0 Å². The van der Waals surface area contributed by atoms with Gasteiger partial charge in [0.2, 0.25) is 0 Å². The zero-order chi connectivity index (χ0) is 15.5. The number of hydrogen-bond acceptors (Lipinski definition) is 9. The molecule has 0 radical (unpaired) electrons. The van der Waals surface area contributed by atoms with Gasteiger partial charge >= 0.3 is 0 Å². The van der Waals surface area contributed by atoms with Crippen LogP contribution in [0.2, 0.25) is 0 Å². The second-order valence-electron chi connectivity index (χ2n) is 5.06. The molecule has 0 unspecified atom stereocenters. The highest BCUT2D eigenvalue weighted by molar-refractivity contribution is 4.89. The molecule has 0 aromatic carbocycles. The normalized spacial score (nSPS) is 39.3. The fourth-order valence-corrected chi connectivity index (χ4v) is 1.68. The first-order chi connectivity index (χ1) is 9.24. The number of aliphatic hydroxyl groups excluding tert-OH is 6. The lowest BCUT2D eigenvalue weighted by atomic mass is 9.99. The highest BCUT2D eigenvalue weighted by Gasteiger charge is 2.44. The van der Waals surface area contributed by atoms with Gasteiger partial charge in [-0.3, -0.25) is 0 Å². The monoisotopic (exact) mass is 298 g/mol. The Kier molecular flexibility index (Phi) is 6.25. The van der Waals surface area contributed by atoms with Crippen LogP contribution >= 0.6 is 0 Å². The molecule has 9 nitrogen and oxygen atoms in total. The van der Waals surface area contributed by atoms with Crippen LogP contribution in [0.3, 0.4) is 0 Å². The Balaban J connectivity index is 2.58. The summed E-state index contributed by atoms with van der Waals surface area (Å²) in [5.41, 5.74) is -1.80. The van der Waals surface area contributed by atoms with Crippen LogP contribution in [-0.4, -0.2) is 98.0 Å². The minimum atomic E-state index is -1.80. The maximum atomic E-state index is 9.66.